The van der Waals surface area contributed by atoms with Crippen molar-refractivity contribution in [3.8, 4) is 0 Å². The Kier molecular flexibility index (Phi) is 34.7. The topological polar surface area (TPSA) is 93.1 Å². The van der Waals surface area contributed by atoms with Gasteiger partial charge in [0.2, 0.25) is 0 Å². The van der Waals surface area contributed by atoms with E-state index < -0.39 is 0 Å². The molecule has 0 aromatic carbocycles. The Bertz CT molecular complexity index is 459. The maximum atomic E-state index is 11.2. The van der Waals surface area contributed by atoms with Crippen molar-refractivity contribution in [2.45, 2.75) is 152 Å². The lowest BCUT2D eigenvalue weighted by atomic mass is 10.1. The minimum atomic E-state index is -0.211. The Hall–Kier alpha value is -0.180. The molecule has 0 saturated carbocycles. The zero-order chi connectivity index (χ0) is 28.7. The third-order valence-electron chi connectivity index (χ3n) is 6.24. The molecule has 8 heteroatoms. The van der Waals surface area contributed by atoms with Crippen LogP contribution in [0.4, 0.5) is 0 Å². The van der Waals surface area contributed by atoms with Crippen LogP contribution >= 0.6 is 31.9 Å². The van der Waals surface area contributed by atoms with Gasteiger partial charge < -0.3 is 19.7 Å². The number of rotatable bonds is 26. The molecule has 6 nitrogen and oxygen atoms in total. The van der Waals surface area contributed by atoms with Gasteiger partial charge in [-0.25, -0.2) is 0 Å². The highest BCUT2D eigenvalue weighted by atomic mass is 79.9. The quantitative estimate of drug-likeness (QED) is 0.0544. The van der Waals surface area contributed by atoms with Crippen molar-refractivity contribution in [1.29, 1.82) is 0 Å². The molecule has 2 unspecified atom stereocenters. The molecular formula is C30H58Br2O6. The number of carbonyl (C=O) groups is 2. The maximum absolute atomic E-state index is 11.2. The van der Waals surface area contributed by atoms with Gasteiger partial charge in [0.25, 0.3) is 0 Å². The molecular weight excluding hydrogens is 616 g/mol. The van der Waals surface area contributed by atoms with Gasteiger partial charge in [0.15, 0.2) is 0 Å². The van der Waals surface area contributed by atoms with E-state index in [0.29, 0.717) is 26.4 Å². The summed E-state index contributed by atoms with van der Waals surface area (Å²) >= 11 is 6.38. The molecule has 0 aliphatic heterocycles. The van der Waals surface area contributed by atoms with E-state index in [9.17, 15) is 9.59 Å². The molecule has 0 saturated heterocycles. The number of carbonyl (C=O) groups excluding carboxylic acids is 2. The van der Waals surface area contributed by atoms with Crippen molar-refractivity contribution >= 4 is 43.8 Å². The van der Waals surface area contributed by atoms with Crippen molar-refractivity contribution in [2.75, 3.05) is 26.4 Å². The first-order chi connectivity index (χ1) is 18.4. The summed E-state index contributed by atoms with van der Waals surface area (Å²) < 4.78 is 10.2. The summed E-state index contributed by atoms with van der Waals surface area (Å²) in [5.74, 6) is -0.349. The summed E-state index contributed by atoms with van der Waals surface area (Å²) in [6.45, 7) is 5.32. The highest BCUT2D eigenvalue weighted by molar-refractivity contribution is 9.10. The fraction of sp³-hybridized carbons (Fsp3) is 0.933. The Morgan fingerprint density at radius 3 is 0.895 bits per heavy atom. The fourth-order valence-corrected chi connectivity index (χ4v) is 4.10. The smallest absolute Gasteiger partial charge is 0.319 e. The molecule has 0 bridgehead atoms. The lowest BCUT2D eigenvalue weighted by Gasteiger charge is -2.06. The molecule has 0 aromatic rings. The number of aliphatic hydroxyl groups excluding tert-OH is 2. The highest BCUT2D eigenvalue weighted by Crippen LogP contribution is 2.12. The molecule has 0 fully saturated rings. The average Bonchev–Trinajstić information content (AvgIpc) is 2.89. The van der Waals surface area contributed by atoms with E-state index in [1.807, 2.05) is 0 Å². The zero-order valence-corrected chi connectivity index (χ0v) is 27.6. The van der Waals surface area contributed by atoms with Crippen LogP contribution in [0.5, 0.6) is 0 Å². The van der Waals surface area contributed by atoms with Crippen LogP contribution in [0.25, 0.3) is 0 Å². The SMILES string of the molecule is CC(Br)C(=O)OCCCCCCCCCCCCOC(=O)C(C)Br.OCCCCCCCCCCCCO. The molecule has 228 valence electrons. The number of alkyl halides is 2. The molecule has 0 aromatic heterocycles. The summed E-state index contributed by atoms with van der Waals surface area (Å²) in [6, 6.07) is 0. The number of unbranched alkanes of at least 4 members (excludes halogenated alkanes) is 18. The van der Waals surface area contributed by atoms with Crippen LogP contribution < -0.4 is 0 Å². The molecule has 2 atom stereocenters. The van der Waals surface area contributed by atoms with E-state index in [1.165, 1.54) is 89.9 Å². The van der Waals surface area contributed by atoms with Crippen molar-refractivity contribution in [3.05, 3.63) is 0 Å². The van der Waals surface area contributed by atoms with Gasteiger partial charge in [-0.1, -0.05) is 135 Å². The van der Waals surface area contributed by atoms with Gasteiger partial charge in [-0.05, 0) is 39.5 Å². The number of ether oxygens (including phenoxy) is 2. The van der Waals surface area contributed by atoms with Crippen LogP contribution in [-0.4, -0.2) is 58.2 Å². The van der Waals surface area contributed by atoms with Crippen molar-refractivity contribution in [1.82, 2.24) is 0 Å². The molecule has 0 radical (unpaired) electrons. The first-order valence-corrected chi connectivity index (χ1v) is 17.0. The number of hydrogen-bond donors (Lipinski definition) is 2. The van der Waals surface area contributed by atoms with E-state index in [0.717, 1.165) is 38.5 Å². The highest BCUT2D eigenvalue weighted by Gasteiger charge is 2.09. The summed E-state index contributed by atoms with van der Waals surface area (Å²) in [7, 11) is 0. The number of hydrogen-bond acceptors (Lipinski definition) is 6. The standard InChI is InChI=1S/C18H32Br2O4.C12H26O2/c1-15(19)17(21)23-13-11-9-7-5-3-4-6-8-10-12-14-24-18(22)16(2)20;13-11-9-7-5-3-1-2-4-6-8-10-12-14/h15-16H,3-14H2,1-2H3;13-14H,1-12H2. The van der Waals surface area contributed by atoms with E-state index in [2.05, 4.69) is 31.9 Å². The number of aliphatic hydroxyl groups is 2. The van der Waals surface area contributed by atoms with Gasteiger partial charge in [0.1, 0.15) is 9.65 Å². The fourth-order valence-electron chi connectivity index (χ4n) is 3.83. The number of esters is 2. The Morgan fingerprint density at radius 2 is 0.684 bits per heavy atom. The van der Waals surface area contributed by atoms with Gasteiger partial charge in [-0.3, -0.25) is 9.59 Å². The van der Waals surface area contributed by atoms with Gasteiger partial charge in [-0.15, -0.1) is 0 Å². The van der Waals surface area contributed by atoms with Gasteiger partial charge >= 0.3 is 11.9 Å². The predicted molar refractivity (Wildman–Crippen MR) is 165 cm³/mol. The Morgan fingerprint density at radius 1 is 0.474 bits per heavy atom. The van der Waals surface area contributed by atoms with E-state index >= 15 is 0 Å². The summed E-state index contributed by atoms with van der Waals surface area (Å²) in [6.07, 6.45) is 23.8. The van der Waals surface area contributed by atoms with Crippen LogP contribution in [0, 0.1) is 0 Å². The van der Waals surface area contributed by atoms with E-state index in [1.54, 1.807) is 13.8 Å². The molecule has 2 N–H and O–H groups in total. The van der Waals surface area contributed by atoms with Crippen molar-refractivity contribution in [3.63, 3.8) is 0 Å². The van der Waals surface area contributed by atoms with Crippen LogP contribution in [0.15, 0.2) is 0 Å². The summed E-state index contributed by atoms with van der Waals surface area (Å²) in [5, 5.41) is 17.1. The predicted octanol–water partition coefficient (Wildman–Crippen LogP) is 8.41. The lowest BCUT2D eigenvalue weighted by Crippen LogP contribution is -2.14. The van der Waals surface area contributed by atoms with Crippen LogP contribution in [-0.2, 0) is 19.1 Å². The summed E-state index contributed by atoms with van der Waals surface area (Å²) in [4.78, 5) is 22.0. The minimum absolute atomic E-state index is 0.175. The van der Waals surface area contributed by atoms with Gasteiger partial charge in [0, 0.05) is 13.2 Å². The first-order valence-electron chi connectivity index (χ1n) is 15.2. The minimum Gasteiger partial charge on any atom is -0.465 e. The third kappa shape index (κ3) is 33.8. The first kappa shape index (κ1) is 40.0. The lowest BCUT2D eigenvalue weighted by molar-refractivity contribution is -0.143. The average molecular weight is 675 g/mol. The molecule has 0 aliphatic rings. The van der Waals surface area contributed by atoms with Crippen molar-refractivity contribution in [2.24, 2.45) is 0 Å². The maximum Gasteiger partial charge on any atom is 0.319 e. The van der Waals surface area contributed by atoms with Crippen LogP contribution in [0.3, 0.4) is 0 Å². The van der Waals surface area contributed by atoms with Crippen LogP contribution in [0.2, 0.25) is 0 Å². The Balaban J connectivity index is 0. The van der Waals surface area contributed by atoms with Crippen molar-refractivity contribution < 1.29 is 29.3 Å². The Labute approximate surface area is 250 Å². The summed E-state index contributed by atoms with van der Waals surface area (Å²) in [5.41, 5.74) is 0. The molecule has 0 rings (SSSR count). The molecule has 0 spiro atoms. The zero-order valence-electron chi connectivity index (χ0n) is 24.4. The monoisotopic (exact) mass is 672 g/mol. The largest absolute Gasteiger partial charge is 0.465 e. The van der Waals surface area contributed by atoms with Gasteiger partial charge in [-0.2, -0.15) is 0 Å². The third-order valence-corrected chi connectivity index (χ3v) is 6.99. The second kappa shape index (κ2) is 33.0. The molecule has 38 heavy (non-hydrogen) atoms. The molecule has 0 heterocycles. The normalized spacial score (nSPS) is 12.4. The van der Waals surface area contributed by atoms with Gasteiger partial charge in [0.05, 0.1) is 13.2 Å². The van der Waals surface area contributed by atoms with E-state index in [-0.39, 0.29) is 21.6 Å². The molecule has 0 amide bonds. The van der Waals surface area contributed by atoms with E-state index in [4.69, 9.17) is 19.7 Å². The second-order valence-electron chi connectivity index (χ2n) is 10.1. The van der Waals surface area contributed by atoms with Crippen LogP contribution in [0.1, 0.15) is 142 Å². The molecule has 0 aliphatic carbocycles. The second-order valence-corrected chi connectivity index (χ2v) is 12.8. The number of halogens is 2.